The van der Waals surface area contributed by atoms with Gasteiger partial charge in [0.2, 0.25) is 0 Å². The second kappa shape index (κ2) is 4.73. The lowest BCUT2D eigenvalue weighted by molar-refractivity contribution is 0.352. The molecule has 2 atom stereocenters. The third kappa shape index (κ3) is 2.34. The van der Waals surface area contributed by atoms with Crippen molar-refractivity contribution in [2.45, 2.75) is 32.7 Å². The Bertz CT molecular complexity index is 413. The highest BCUT2D eigenvalue weighted by Crippen LogP contribution is 2.43. The molecule has 1 aromatic rings. The van der Waals surface area contributed by atoms with Crippen molar-refractivity contribution in [3.8, 4) is 0 Å². The van der Waals surface area contributed by atoms with Crippen LogP contribution in [-0.4, -0.2) is 7.05 Å². The van der Waals surface area contributed by atoms with Gasteiger partial charge in [-0.1, -0.05) is 19.1 Å². The van der Waals surface area contributed by atoms with Gasteiger partial charge in [-0.05, 0) is 44.2 Å². The monoisotopic (exact) mass is 239 g/mol. The van der Waals surface area contributed by atoms with Gasteiger partial charge in [0.1, 0.15) is 0 Å². The topological polar surface area (TPSA) is 12.0 Å². The average molecular weight is 239 g/mol. The van der Waals surface area contributed by atoms with E-state index in [1.807, 2.05) is 0 Å². The number of benzene rings is 1. The lowest BCUT2D eigenvalue weighted by atomic mass is 9.90. The number of rotatable bonds is 4. The molecule has 0 aromatic heterocycles. The molecule has 0 saturated heterocycles. The van der Waals surface area contributed by atoms with Crippen LogP contribution in [0.25, 0.3) is 0 Å². The van der Waals surface area contributed by atoms with Crippen LogP contribution in [0.15, 0.2) is 12.1 Å². The van der Waals surface area contributed by atoms with Crippen LogP contribution in [0.2, 0.25) is 0 Å². The molecule has 0 radical (unpaired) electrons. The molecule has 1 aliphatic carbocycles. The Morgan fingerprint density at radius 2 is 1.88 bits per heavy atom. The predicted molar refractivity (Wildman–Crippen MR) is 64.8 cm³/mol. The highest BCUT2D eigenvalue weighted by Gasteiger charge is 2.34. The number of aryl methyl sites for hydroxylation is 1. The summed E-state index contributed by atoms with van der Waals surface area (Å²) >= 11 is 0. The quantitative estimate of drug-likeness (QED) is 0.846. The Hall–Kier alpha value is -0.960. The Balaban J connectivity index is 2.33. The van der Waals surface area contributed by atoms with Crippen molar-refractivity contribution >= 4 is 0 Å². The molecular weight excluding hydrogens is 220 g/mol. The van der Waals surface area contributed by atoms with Crippen LogP contribution in [0.1, 0.15) is 36.9 Å². The smallest absolute Gasteiger partial charge is 0.163 e. The normalized spacial score (nSPS) is 19.1. The zero-order valence-electron chi connectivity index (χ0n) is 10.6. The van der Waals surface area contributed by atoms with E-state index in [-0.39, 0.29) is 6.04 Å². The van der Waals surface area contributed by atoms with E-state index in [4.69, 9.17) is 0 Å². The minimum Gasteiger partial charge on any atom is -0.313 e. The van der Waals surface area contributed by atoms with Crippen molar-refractivity contribution in [2.75, 3.05) is 7.05 Å². The molecule has 1 nitrogen and oxygen atoms in total. The molecule has 1 aliphatic rings. The lowest BCUT2D eigenvalue weighted by Gasteiger charge is -2.24. The largest absolute Gasteiger partial charge is 0.313 e. The Morgan fingerprint density at radius 1 is 1.24 bits per heavy atom. The summed E-state index contributed by atoms with van der Waals surface area (Å²) in [6, 6.07) is 3.25. The summed E-state index contributed by atoms with van der Waals surface area (Å²) in [6.07, 6.45) is 2.41. The average Bonchev–Trinajstić information content (AvgIpc) is 3.13. The van der Waals surface area contributed by atoms with E-state index in [0.717, 1.165) is 0 Å². The van der Waals surface area contributed by atoms with Crippen LogP contribution >= 0.6 is 0 Å². The van der Waals surface area contributed by atoms with Gasteiger partial charge < -0.3 is 5.32 Å². The predicted octanol–water partition coefficient (Wildman–Crippen LogP) is 3.58. The molecule has 3 heteroatoms. The molecule has 0 heterocycles. The Morgan fingerprint density at radius 3 is 2.41 bits per heavy atom. The maximum atomic E-state index is 13.9. The van der Waals surface area contributed by atoms with Gasteiger partial charge in [0.15, 0.2) is 11.6 Å². The van der Waals surface area contributed by atoms with E-state index in [0.29, 0.717) is 23.0 Å². The maximum Gasteiger partial charge on any atom is 0.163 e. The fourth-order valence-electron chi connectivity index (χ4n) is 2.50. The molecule has 17 heavy (non-hydrogen) atoms. The first kappa shape index (κ1) is 12.5. The van der Waals surface area contributed by atoms with E-state index in [1.54, 1.807) is 26.1 Å². The fraction of sp³-hybridized carbons (Fsp3) is 0.571. The molecule has 94 valence electrons. The standard InChI is InChI=1S/C14H19F2N/c1-8-4-7-11(13(16)12(8)15)14(17-3)9(2)10-5-6-10/h4,7,9-10,14,17H,5-6H2,1-3H3. The third-order valence-corrected chi connectivity index (χ3v) is 3.84. The summed E-state index contributed by atoms with van der Waals surface area (Å²) in [4.78, 5) is 0. The first-order valence-electron chi connectivity index (χ1n) is 6.18. The van der Waals surface area contributed by atoms with E-state index >= 15 is 0 Å². The number of nitrogens with one attached hydrogen (secondary N) is 1. The molecule has 0 spiro atoms. The summed E-state index contributed by atoms with van der Waals surface area (Å²) in [5.41, 5.74) is 0.815. The van der Waals surface area contributed by atoms with Gasteiger partial charge in [0.05, 0.1) is 0 Å². The second-order valence-electron chi connectivity index (χ2n) is 5.06. The van der Waals surface area contributed by atoms with Crippen LogP contribution in [0.4, 0.5) is 8.78 Å². The lowest BCUT2D eigenvalue weighted by Crippen LogP contribution is -2.26. The van der Waals surface area contributed by atoms with Gasteiger partial charge in [-0.2, -0.15) is 0 Å². The van der Waals surface area contributed by atoms with Crippen molar-refractivity contribution in [2.24, 2.45) is 11.8 Å². The zero-order valence-corrected chi connectivity index (χ0v) is 10.6. The van der Waals surface area contributed by atoms with Crippen LogP contribution in [-0.2, 0) is 0 Å². The summed E-state index contributed by atoms with van der Waals surface area (Å²) in [5.74, 6) is -0.421. The SMILES string of the molecule is CNC(c1ccc(C)c(F)c1F)C(C)C1CC1. The van der Waals surface area contributed by atoms with Crippen molar-refractivity contribution in [3.63, 3.8) is 0 Å². The molecule has 0 aliphatic heterocycles. The molecule has 0 amide bonds. The van der Waals surface area contributed by atoms with Gasteiger partial charge in [-0.15, -0.1) is 0 Å². The number of hydrogen-bond acceptors (Lipinski definition) is 1. The summed E-state index contributed by atoms with van der Waals surface area (Å²) in [6.45, 7) is 3.69. The highest BCUT2D eigenvalue weighted by atomic mass is 19.2. The molecule has 1 saturated carbocycles. The minimum atomic E-state index is -0.717. The molecule has 1 fully saturated rings. The van der Waals surface area contributed by atoms with Gasteiger partial charge in [0, 0.05) is 11.6 Å². The summed E-state index contributed by atoms with van der Waals surface area (Å²) in [5, 5.41) is 3.12. The van der Waals surface area contributed by atoms with Gasteiger partial charge in [-0.25, -0.2) is 8.78 Å². The van der Waals surface area contributed by atoms with Crippen LogP contribution in [0, 0.1) is 30.4 Å². The van der Waals surface area contributed by atoms with Gasteiger partial charge in [0.25, 0.3) is 0 Å². The van der Waals surface area contributed by atoms with Crippen molar-refractivity contribution in [3.05, 3.63) is 34.9 Å². The first-order chi connectivity index (χ1) is 8.06. The number of halogens is 2. The molecule has 1 N–H and O–H groups in total. The van der Waals surface area contributed by atoms with Crippen LogP contribution in [0.3, 0.4) is 0 Å². The third-order valence-electron chi connectivity index (χ3n) is 3.84. The van der Waals surface area contributed by atoms with Gasteiger partial charge >= 0.3 is 0 Å². The molecule has 0 bridgehead atoms. The summed E-state index contributed by atoms with van der Waals surface area (Å²) < 4.78 is 27.5. The Labute approximate surface area is 101 Å². The molecular formula is C14H19F2N. The fourth-order valence-corrected chi connectivity index (χ4v) is 2.50. The van der Waals surface area contributed by atoms with Crippen molar-refractivity contribution < 1.29 is 8.78 Å². The molecule has 1 aromatic carbocycles. The Kier molecular flexibility index (Phi) is 3.48. The van der Waals surface area contributed by atoms with Crippen LogP contribution in [0.5, 0.6) is 0 Å². The van der Waals surface area contributed by atoms with E-state index in [9.17, 15) is 8.78 Å². The zero-order chi connectivity index (χ0) is 12.6. The minimum absolute atomic E-state index is 0.0994. The second-order valence-corrected chi connectivity index (χ2v) is 5.06. The van der Waals surface area contributed by atoms with E-state index in [1.165, 1.54) is 12.8 Å². The van der Waals surface area contributed by atoms with E-state index < -0.39 is 11.6 Å². The van der Waals surface area contributed by atoms with Crippen LogP contribution < -0.4 is 5.32 Å². The first-order valence-corrected chi connectivity index (χ1v) is 6.18. The van der Waals surface area contributed by atoms with E-state index in [2.05, 4.69) is 12.2 Å². The van der Waals surface area contributed by atoms with Crippen molar-refractivity contribution in [1.29, 1.82) is 0 Å². The molecule has 2 unspecified atom stereocenters. The molecule has 2 rings (SSSR count). The van der Waals surface area contributed by atoms with Crippen molar-refractivity contribution in [1.82, 2.24) is 5.32 Å². The van der Waals surface area contributed by atoms with Gasteiger partial charge in [-0.3, -0.25) is 0 Å². The maximum absolute atomic E-state index is 13.9. The summed E-state index contributed by atoms with van der Waals surface area (Å²) in [7, 11) is 1.81. The highest BCUT2D eigenvalue weighted by molar-refractivity contribution is 5.28. The number of hydrogen-bond donors (Lipinski definition) is 1.